The summed E-state index contributed by atoms with van der Waals surface area (Å²) in [6.07, 6.45) is 3.15. The van der Waals surface area contributed by atoms with Crippen molar-refractivity contribution in [2.24, 2.45) is 0 Å². The molecule has 138 valence electrons. The van der Waals surface area contributed by atoms with E-state index in [0.29, 0.717) is 23.2 Å². The Labute approximate surface area is 161 Å². The molecule has 0 saturated carbocycles. The highest BCUT2D eigenvalue weighted by atomic mass is 32.1. The number of aromatic nitrogens is 2. The molecule has 0 fully saturated rings. The van der Waals surface area contributed by atoms with E-state index in [9.17, 15) is 4.79 Å². The van der Waals surface area contributed by atoms with Gasteiger partial charge in [0.05, 0.1) is 13.7 Å². The summed E-state index contributed by atoms with van der Waals surface area (Å²) < 4.78 is 10.8. The highest BCUT2D eigenvalue weighted by Crippen LogP contribution is 2.29. The molecule has 0 atom stereocenters. The van der Waals surface area contributed by atoms with Crippen LogP contribution in [-0.4, -0.2) is 29.8 Å². The van der Waals surface area contributed by atoms with Crippen molar-refractivity contribution in [1.82, 2.24) is 10.2 Å². The molecule has 7 heteroatoms. The number of rotatable bonds is 7. The molecule has 3 rings (SSSR count). The standard InChI is InChI=1S/C20H19N3O3S/c1-3-26-17-13-14(9-11-16(17)25-2)10-12-18(24)21-20-23-22-19(27-20)15-7-5-4-6-8-15/h4-13H,3H2,1-2H3,(H,21,23,24)/b12-10+. The SMILES string of the molecule is CCOc1cc(/C=C/C(=O)Nc2nnc(-c3ccccc3)s2)ccc1OC. The number of nitrogens with one attached hydrogen (secondary N) is 1. The van der Waals surface area contributed by atoms with Crippen molar-refractivity contribution in [1.29, 1.82) is 0 Å². The predicted molar refractivity (Wildman–Crippen MR) is 107 cm³/mol. The second-order valence-corrected chi connectivity index (χ2v) is 6.42. The zero-order valence-corrected chi connectivity index (χ0v) is 15.8. The molecular weight excluding hydrogens is 362 g/mol. The number of hydrogen-bond donors (Lipinski definition) is 1. The second kappa shape index (κ2) is 8.95. The highest BCUT2D eigenvalue weighted by molar-refractivity contribution is 7.18. The third-order valence-corrected chi connectivity index (χ3v) is 4.48. The van der Waals surface area contributed by atoms with Crippen molar-refractivity contribution in [2.75, 3.05) is 19.0 Å². The minimum absolute atomic E-state index is 0.278. The molecule has 0 saturated heterocycles. The van der Waals surface area contributed by atoms with Crippen molar-refractivity contribution in [2.45, 2.75) is 6.92 Å². The molecule has 1 heterocycles. The molecule has 0 aliphatic rings. The number of methoxy groups -OCH3 is 1. The van der Waals surface area contributed by atoms with Gasteiger partial charge in [0.1, 0.15) is 5.01 Å². The lowest BCUT2D eigenvalue weighted by Crippen LogP contribution is -2.07. The van der Waals surface area contributed by atoms with Gasteiger partial charge in [-0.05, 0) is 30.7 Å². The molecule has 1 amide bonds. The van der Waals surface area contributed by atoms with Crippen LogP contribution < -0.4 is 14.8 Å². The molecule has 27 heavy (non-hydrogen) atoms. The van der Waals surface area contributed by atoms with Crippen LogP contribution in [0.25, 0.3) is 16.6 Å². The molecule has 6 nitrogen and oxygen atoms in total. The first-order valence-electron chi connectivity index (χ1n) is 8.38. The maximum absolute atomic E-state index is 12.2. The third-order valence-electron chi connectivity index (χ3n) is 3.59. The average molecular weight is 381 g/mol. The van der Waals surface area contributed by atoms with Crippen molar-refractivity contribution in [3.05, 3.63) is 60.2 Å². The molecule has 3 aromatic rings. The van der Waals surface area contributed by atoms with Crippen LogP contribution in [0.4, 0.5) is 5.13 Å². The number of benzene rings is 2. The average Bonchev–Trinajstić information content (AvgIpc) is 3.16. The Balaban J connectivity index is 1.66. The lowest BCUT2D eigenvalue weighted by molar-refractivity contribution is -0.111. The fourth-order valence-corrected chi connectivity index (χ4v) is 3.11. The van der Waals surface area contributed by atoms with Crippen LogP contribution in [0.5, 0.6) is 11.5 Å². The summed E-state index contributed by atoms with van der Waals surface area (Å²) in [5.74, 6) is 1.01. The summed E-state index contributed by atoms with van der Waals surface area (Å²) >= 11 is 1.33. The van der Waals surface area contributed by atoms with Gasteiger partial charge in [0.25, 0.3) is 0 Å². The maximum Gasteiger partial charge on any atom is 0.250 e. The van der Waals surface area contributed by atoms with Crippen molar-refractivity contribution < 1.29 is 14.3 Å². The Bertz CT molecular complexity index is 939. The van der Waals surface area contributed by atoms with E-state index in [1.807, 2.05) is 49.4 Å². The summed E-state index contributed by atoms with van der Waals surface area (Å²) in [5, 5.41) is 12.1. The number of ether oxygens (including phenoxy) is 2. The summed E-state index contributed by atoms with van der Waals surface area (Å²) in [4.78, 5) is 12.2. The van der Waals surface area contributed by atoms with Crippen LogP contribution in [0.3, 0.4) is 0 Å². The van der Waals surface area contributed by atoms with Gasteiger partial charge in [-0.15, -0.1) is 10.2 Å². The largest absolute Gasteiger partial charge is 0.493 e. The monoisotopic (exact) mass is 381 g/mol. The van der Waals surface area contributed by atoms with Crippen molar-refractivity contribution in [3.63, 3.8) is 0 Å². The van der Waals surface area contributed by atoms with Gasteiger partial charge in [-0.25, -0.2) is 0 Å². The number of amides is 1. The van der Waals surface area contributed by atoms with Gasteiger partial charge < -0.3 is 9.47 Å². The number of anilines is 1. The quantitative estimate of drug-likeness (QED) is 0.619. The van der Waals surface area contributed by atoms with Crippen LogP contribution in [0, 0.1) is 0 Å². The first-order chi connectivity index (χ1) is 13.2. The molecular formula is C20H19N3O3S. The van der Waals surface area contributed by atoms with E-state index in [4.69, 9.17) is 9.47 Å². The van der Waals surface area contributed by atoms with Crippen LogP contribution in [-0.2, 0) is 4.79 Å². The van der Waals surface area contributed by atoms with Gasteiger partial charge in [0, 0.05) is 11.6 Å². The Hall–Kier alpha value is -3.19. The number of hydrogen-bond acceptors (Lipinski definition) is 6. The molecule has 1 aromatic heterocycles. The van der Waals surface area contributed by atoms with Crippen LogP contribution in [0.2, 0.25) is 0 Å². The molecule has 0 unspecified atom stereocenters. The number of carbonyl (C=O) groups excluding carboxylic acids is 1. The highest BCUT2D eigenvalue weighted by Gasteiger charge is 2.08. The zero-order chi connectivity index (χ0) is 19.1. The van der Waals surface area contributed by atoms with Gasteiger partial charge in [0.15, 0.2) is 11.5 Å². The van der Waals surface area contributed by atoms with E-state index in [1.54, 1.807) is 19.3 Å². The summed E-state index contributed by atoms with van der Waals surface area (Å²) in [6, 6.07) is 15.2. The molecule has 1 N–H and O–H groups in total. The normalized spacial score (nSPS) is 10.7. The Morgan fingerprint density at radius 2 is 1.96 bits per heavy atom. The molecule has 0 radical (unpaired) electrons. The first kappa shape index (κ1) is 18.6. The number of carbonyl (C=O) groups is 1. The first-order valence-corrected chi connectivity index (χ1v) is 9.20. The maximum atomic E-state index is 12.2. The van der Waals surface area contributed by atoms with Gasteiger partial charge in [-0.2, -0.15) is 0 Å². The predicted octanol–water partition coefficient (Wildman–Crippen LogP) is 4.26. The second-order valence-electron chi connectivity index (χ2n) is 5.44. The fourth-order valence-electron chi connectivity index (χ4n) is 2.36. The van der Waals surface area contributed by atoms with Gasteiger partial charge in [-0.1, -0.05) is 47.7 Å². The van der Waals surface area contributed by atoms with Gasteiger partial charge in [0.2, 0.25) is 11.0 Å². The minimum Gasteiger partial charge on any atom is -0.493 e. The van der Waals surface area contributed by atoms with Crippen LogP contribution in [0.15, 0.2) is 54.6 Å². The number of nitrogens with zero attached hydrogens (tertiary/aromatic N) is 2. The molecule has 0 aliphatic heterocycles. The topological polar surface area (TPSA) is 73.3 Å². The van der Waals surface area contributed by atoms with Crippen LogP contribution >= 0.6 is 11.3 Å². The molecule has 0 aliphatic carbocycles. The lowest BCUT2D eigenvalue weighted by Gasteiger charge is -2.09. The van der Waals surface area contributed by atoms with E-state index in [0.717, 1.165) is 16.1 Å². The van der Waals surface area contributed by atoms with E-state index in [-0.39, 0.29) is 5.91 Å². The molecule has 0 bridgehead atoms. The zero-order valence-electron chi connectivity index (χ0n) is 15.0. The Morgan fingerprint density at radius 1 is 1.15 bits per heavy atom. The minimum atomic E-state index is -0.278. The third kappa shape index (κ3) is 4.92. The van der Waals surface area contributed by atoms with E-state index < -0.39 is 0 Å². The van der Waals surface area contributed by atoms with Crippen molar-refractivity contribution in [3.8, 4) is 22.1 Å². The molecule has 0 spiro atoms. The smallest absolute Gasteiger partial charge is 0.250 e. The summed E-state index contributed by atoms with van der Waals surface area (Å²) in [7, 11) is 1.59. The van der Waals surface area contributed by atoms with Gasteiger partial charge in [-0.3, -0.25) is 10.1 Å². The Morgan fingerprint density at radius 3 is 2.70 bits per heavy atom. The van der Waals surface area contributed by atoms with Crippen LogP contribution in [0.1, 0.15) is 12.5 Å². The van der Waals surface area contributed by atoms with Gasteiger partial charge >= 0.3 is 0 Å². The fraction of sp³-hybridized carbons (Fsp3) is 0.150. The van der Waals surface area contributed by atoms with Crippen molar-refractivity contribution >= 4 is 28.5 Å². The molecule has 2 aromatic carbocycles. The van der Waals surface area contributed by atoms with E-state index in [1.165, 1.54) is 17.4 Å². The summed E-state index contributed by atoms with van der Waals surface area (Å²) in [5.41, 5.74) is 1.80. The van der Waals surface area contributed by atoms with E-state index in [2.05, 4.69) is 15.5 Å². The Kier molecular flexibility index (Phi) is 6.17. The van der Waals surface area contributed by atoms with E-state index >= 15 is 0 Å². The lowest BCUT2D eigenvalue weighted by atomic mass is 10.2. The summed E-state index contributed by atoms with van der Waals surface area (Å²) in [6.45, 7) is 2.44.